The highest BCUT2D eigenvalue weighted by Gasteiger charge is 2.44. The molecule has 9 nitrogen and oxygen atoms in total. The van der Waals surface area contributed by atoms with Gasteiger partial charge in [-0.15, -0.1) is 0 Å². The number of anilines is 1. The molecular weight excluding hydrogens is 514 g/mol. The molecule has 0 spiro atoms. The van der Waals surface area contributed by atoms with E-state index < -0.39 is 17.4 Å². The number of hydrogen-bond acceptors (Lipinski definition) is 6. The van der Waals surface area contributed by atoms with Crippen molar-refractivity contribution in [2.24, 2.45) is 17.4 Å². The first-order chi connectivity index (χ1) is 19.8. The molecule has 1 saturated heterocycles. The van der Waals surface area contributed by atoms with Crippen LogP contribution in [0.25, 0.3) is 0 Å². The number of aryl methyl sites for hydroxylation is 1. The summed E-state index contributed by atoms with van der Waals surface area (Å²) in [6.45, 7) is 6.30. The lowest BCUT2D eigenvalue weighted by Crippen LogP contribution is -2.62. The molecule has 1 unspecified atom stereocenters. The molecule has 2 amide bonds. The molecule has 3 aromatic rings. The van der Waals surface area contributed by atoms with Gasteiger partial charge in [-0.25, -0.2) is 0 Å². The van der Waals surface area contributed by atoms with Crippen LogP contribution in [0.4, 0.5) is 5.69 Å². The summed E-state index contributed by atoms with van der Waals surface area (Å²) >= 11 is 0. The molecule has 0 saturated carbocycles. The fraction of sp³-hybridized carbons (Fsp3) is 0.344. The van der Waals surface area contributed by atoms with Gasteiger partial charge in [-0.2, -0.15) is 0 Å². The quantitative estimate of drug-likeness (QED) is 0.141. The topological polar surface area (TPSA) is 149 Å². The number of carbonyl (C=O) groups excluding carboxylic acids is 2. The van der Waals surface area contributed by atoms with E-state index in [4.69, 9.17) is 16.9 Å². The predicted octanol–water partition coefficient (Wildman–Crippen LogP) is 2.28. The third kappa shape index (κ3) is 7.71. The lowest BCUT2D eigenvalue weighted by molar-refractivity contribution is -0.136. The first-order valence-corrected chi connectivity index (χ1v) is 14.1. The van der Waals surface area contributed by atoms with Crippen molar-refractivity contribution in [2.45, 2.75) is 38.4 Å². The number of amides is 2. The van der Waals surface area contributed by atoms with Gasteiger partial charge < -0.3 is 27.0 Å². The van der Waals surface area contributed by atoms with Crippen LogP contribution in [0.5, 0.6) is 0 Å². The maximum atomic E-state index is 13.5. The molecule has 1 heterocycles. The summed E-state index contributed by atoms with van der Waals surface area (Å²) in [5.41, 5.74) is 15.1. The van der Waals surface area contributed by atoms with Gasteiger partial charge in [0.15, 0.2) is 0 Å². The highest BCUT2D eigenvalue weighted by Crippen LogP contribution is 2.26. The van der Waals surface area contributed by atoms with Crippen molar-refractivity contribution in [1.82, 2.24) is 16.0 Å². The Morgan fingerprint density at radius 1 is 0.902 bits per heavy atom. The van der Waals surface area contributed by atoms with Gasteiger partial charge in [-0.3, -0.25) is 20.3 Å². The average Bonchev–Trinajstić information content (AvgIpc) is 3.01. The highest BCUT2D eigenvalue weighted by molar-refractivity contribution is 5.95. The summed E-state index contributed by atoms with van der Waals surface area (Å²) in [6, 6.07) is 25.3. The van der Waals surface area contributed by atoms with Gasteiger partial charge in [0.1, 0.15) is 11.4 Å². The second-order valence-corrected chi connectivity index (χ2v) is 10.6. The molecule has 8 N–H and O–H groups in total. The zero-order valence-corrected chi connectivity index (χ0v) is 23.7. The molecule has 0 aliphatic carbocycles. The molecule has 1 aliphatic heterocycles. The van der Waals surface area contributed by atoms with Gasteiger partial charge in [0, 0.05) is 50.5 Å². The average molecular weight is 556 g/mol. The fourth-order valence-corrected chi connectivity index (χ4v) is 5.24. The second-order valence-electron chi connectivity index (χ2n) is 10.6. The Balaban J connectivity index is 1.49. The zero-order valence-electron chi connectivity index (χ0n) is 23.7. The van der Waals surface area contributed by atoms with E-state index in [2.05, 4.69) is 45.1 Å². The Morgan fingerprint density at radius 2 is 1.51 bits per heavy atom. The fourth-order valence-electron chi connectivity index (χ4n) is 5.24. The molecule has 1 aliphatic rings. The number of nitrogens with one attached hydrogen (secondary N) is 4. The monoisotopic (exact) mass is 555 g/mol. The van der Waals surface area contributed by atoms with E-state index in [1.165, 1.54) is 5.69 Å². The van der Waals surface area contributed by atoms with Crippen molar-refractivity contribution in [3.05, 3.63) is 101 Å². The molecule has 41 heavy (non-hydrogen) atoms. The van der Waals surface area contributed by atoms with Crippen molar-refractivity contribution in [3.63, 3.8) is 0 Å². The maximum Gasteiger partial charge on any atom is 0.238 e. The molecule has 1 fully saturated rings. The molecule has 2 atom stereocenters. The third-order valence-corrected chi connectivity index (χ3v) is 7.98. The number of nitrogens with zero attached hydrogens (tertiary/aromatic N) is 1. The smallest absolute Gasteiger partial charge is 0.238 e. The number of benzene rings is 3. The van der Waals surface area contributed by atoms with Gasteiger partial charge in [-0.1, -0.05) is 73.7 Å². The summed E-state index contributed by atoms with van der Waals surface area (Å²) in [5.74, 6) is -1.57. The Hall–Kier alpha value is -4.21. The Kier molecular flexibility index (Phi) is 10.1. The van der Waals surface area contributed by atoms with Crippen LogP contribution < -0.4 is 32.3 Å². The number of carbonyl (C=O) groups is 2. The molecule has 4 rings (SSSR count). The number of hydrogen-bond donors (Lipinski definition) is 6. The van der Waals surface area contributed by atoms with Gasteiger partial charge >= 0.3 is 0 Å². The van der Waals surface area contributed by atoms with E-state index in [-0.39, 0.29) is 18.3 Å². The first kappa shape index (κ1) is 29.8. The van der Waals surface area contributed by atoms with E-state index in [0.717, 1.165) is 42.9 Å². The van der Waals surface area contributed by atoms with E-state index in [1.807, 2.05) is 42.5 Å². The van der Waals surface area contributed by atoms with Crippen molar-refractivity contribution in [3.8, 4) is 0 Å². The van der Waals surface area contributed by atoms with Gasteiger partial charge in [0.2, 0.25) is 11.8 Å². The largest absolute Gasteiger partial charge is 0.384 e. The van der Waals surface area contributed by atoms with Crippen LogP contribution in [0.3, 0.4) is 0 Å². The number of amidine groups is 1. The number of rotatable bonds is 13. The molecule has 0 aromatic heterocycles. The summed E-state index contributed by atoms with van der Waals surface area (Å²) in [7, 11) is 0. The van der Waals surface area contributed by atoms with Gasteiger partial charge in [-0.05, 0) is 41.7 Å². The molecular formula is C32H41N7O2. The summed E-state index contributed by atoms with van der Waals surface area (Å²) in [5, 5.41) is 17.3. The van der Waals surface area contributed by atoms with Crippen molar-refractivity contribution < 1.29 is 9.59 Å². The standard InChI is InChI=1S/C32H41N7O2/c1-23(30(40)37-21-25-7-11-27(12-8-25)29(33)34)32(31(35)41,16-15-24-5-3-2-4-6-24)38-22-26-9-13-28(14-10-26)39-19-17-36-18-20-39/h2-14,23,36,38H,15-22H2,1H3,(H3,33,34)(H2,35,41)(H,37,40)/t23-,32?/m1/s1. The van der Waals surface area contributed by atoms with Crippen molar-refractivity contribution in [2.75, 3.05) is 31.1 Å². The number of primary amides is 1. The maximum absolute atomic E-state index is 13.5. The summed E-state index contributed by atoms with van der Waals surface area (Å²) in [4.78, 5) is 29.0. The minimum absolute atomic E-state index is 0.0108. The van der Waals surface area contributed by atoms with Crippen LogP contribution in [-0.2, 0) is 29.1 Å². The molecule has 216 valence electrons. The van der Waals surface area contributed by atoms with Crippen LogP contribution in [0.15, 0.2) is 78.9 Å². The van der Waals surface area contributed by atoms with E-state index in [1.54, 1.807) is 19.1 Å². The zero-order chi connectivity index (χ0) is 29.2. The minimum atomic E-state index is -1.27. The number of nitrogen functional groups attached to an aromatic ring is 1. The SMILES string of the molecule is C[C@H](C(=O)NCc1ccc(C(=N)N)cc1)C(CCc1ccccc1)(NCc1ccc(N2CCNCC2)cc1)C(N)=O. The summed E-state index contributed by atoms with van der Waals surface area (Å²) in [6.07, 6.45) is 0.954. The lowest BCUT2D eigenvalue weighted by Gasteiger charge is -2.37. The second kappa shape index (κ2) is 13.9. The van der Waals surface area contributed by atoms with Crippen LogP contribution >= 0.6 is 0 Å². The minimum Gasteiger partial charge on any atom is -0.384 e. The molecule has 0 radical (unpaired) electrons. The predicted molar refractivity (Wildman–Crippen MR) is 164 cm³/mol. The van der Waals surface area contributed by atoms with Gasteiger partial charge in [0.05, 0.1) is 5.92 Å². The van der Waals surface area contributed by atoms with Gasteiger partial charge in [0.25, 0.3) is 0 Å². The van der Waals surface area contributed by atoms with Crippen LogP contribution in [0.2, 0.25) is 0 Å². The van der Waals surface area contributed by atoms with Crippen LogP contribution in [-0.4, -0.2) is 49.4 Å². The molecule has 0 bridgehead atoms. The normalized spacial score (nSPS) is 15.5. The molecule has 3 aromatic carbocycles. The Labute approximate surface area is 242 Å². The Bertz CT molecular complexity index is 1310. The van der Waals surface area contributed by atoms with Crippen LogP contribution in [0, 0.1) is 11.3 Å². The summed E-state index contributed by atoms with van der Waals surface area (Å²) < 4.78 is 0. The third-order valence-electron chi connectivity index (χ3n) is 7.98. The van der Waals surface area contributed by atoms with E-state index >= 15 is 0 Å². The molecule has 9 heteroatoms. The Morgan fingerprint density at radius 3 is 2.12 bits per heavy atom. The van der Waals surface area contributed by atoms with E-state index in [9.17, 15) is 9.59 Å². The number of piperazine rings is 1. The highest BCUT2D eigenvalue weighted by atomic mass is 16.2. The number of nitrogens with two attached hydrogens (primary N) is 2. The first-order valence-electron chi connectivity index (χ1n) is 14.1. The van der Waals surface area contributed by atoms with Crippen molar-refractivity contribution in [1.29, 1.82) is 5.41 Å². The lowest BCUT2D eigenvalue weighted by atomic mass is 9.78. The van der Waals surface area contributed by atoms with Crippen LogP contribution in [0.1, 0.15) is 35.6 Å². The van der Waals surface area contributed by atoms with E-state index in [0.29, 0.717) is 24.9 Å². The van der Waals surface area contributed by atoms with Crippen molar-refractivity contribution >= 4 is 23.3 Å².